The molecule has 8 heteroatoms. The maximum atomic E-state index is 12.6. The topological polar surface area (TPSA) is 83.3 Å². The third-order valence-electron chi connectivity index (χ3n) is 5.10. The van der Waals surface area contributed by atoms with E-state index in [4.69, 9.17) is 17.3 Å². The monoisotopic (exact) mass is 429 g/mol. The number of nitrogens with one attached hydrogen (secondary N) is 2. The lowest BCUT2D eigenvalue weighted by atomic mass is 10.1. The van der Waals surface area contributed by atoms with Crippen LogP contribution in [0.4, 0.5) is 11.4 Å². The molecular formula is C21H24ClN5OS. The lowest BCUT2D eigenvalue weighted by Crippen LogP contribution is -2.43. The SMILES string of the molecule is Cc1cnc2sc(C(=O)NCCc3ccc(N4CCNCC4)c(Cl)c3)c(N)c2c1. The summed E-state index contributed by atoms with van der Waals surface area (Å²) in [4.78, 5) is 20.6. The van der Waals surface area contributed by atoms with Crippen LogP contribution in [0.15, 0.2) is 30.5 Å². The van der Waals surface area contributed by atoms with Crippen LogP contribution in [0.25, 0.3) is 10.2 Å². The fraction of sp³-hybridized carbons (Fsp3) is 0.333. The van der Waals surface area contributed by atoms with Crippen LogP contribution in [0.2, 0.25) is 5.02 Å². The van der Waals surface area contributed by atoms with Crippen molar-refractivity contribution in [2.24, 2.45) is 0 Å². The second kappa shape index (κ2) is 8.57. The number of pyridine rings is 1. The molecule has 0 unspecified atom stereocenters. The van der Waals surface area contributed by atoms with E-state index in [1.165, 1.54) is 11.3 Å². The van der Waals surface area contributed by atoms with E-state index in [1.807, 2.05) is 19.1 Å². The van der Waals surface area contributed by atoms with Gasteiger partial charge >= 0.3 is 0 Å². The summed E-state index contributed by atoms with van der Waals surface area (Å²) >= 11 is 7.83. The van der Waals surface area contributed by atoms with Gasteiger partial charge in [-0.25, -0.2) is 4.98 Å². The van der Waals surface area contributed by atoms with Crippen LogP contribution in [0.3, 0.4) is 0 Å². The summed E-state index contributed by atoms with van der Waals surface area (Å²) in [7, 11) is 0. The lowest BCUT2D eigenvalue weighted by molar-refractivity contribution is 0.0959. The van der Waals surface area contributed by atoms with Crippen LogP contribution >= 0.6 is 22.9 Å². The van der Waals surface area contributed by atoms with Gasteiger partial charge in [-0.3, -0.25) is 4.79 Å². The predicted octanol–water partition coefficient (Wildman–Crippen LogP) is 3.22. The molecule has 0 spiro atoms. The number of rotatable bonds is 5. The highest BCUT2D eigenvalue weighted by Crippen LogP contribution is 2.32. The number of benzene rings is 1. The van der Waals surface area contributed by atoms with E-state index < -0.39 is 0 Å². The molecule has 1 aliphatic rings. The maximum absolute atomic E-state index is 12.6. The zero-order valence-corrected chi connectivity index (χ0v) is 17.9. The van der Waals surface area contributed by atoms with Gasteiger partial charge < -0.3 is 21.3 Å². The van der Waals surface area contributed by atoms with E-state index >= 15 is 0 Å². The summed E-state index contributed by atoms with van der Waals surface area (Å²) in [5.74, 6) is -0.160. The third-order valence-corrected chi connectivity index (χ3v) is 6.53. The number of carbonyl (C=O) groups is 1. The Morgan fingerprint density at radius 2 is 2.14 bits per heavy atom. The Morgan fingerprint density at radius 3 is 2.90 bits per heavy atom. The molecule has 0 bridgehead atoms. The number of anilines is 2. The van der Waals surface area contributed by atoms with Crippen molar-refractivity contribution in [2.75, 3.05) is 43.4 Å². The molecule has 2 aromatic heterocycles. The number of piperazine rings is 1. The molecule has 0 radical (unpaired) electrons. The second-order valence-corrected chi connectivity index (χ2v) is 8.65. The molecule has 29 heavy (non-hydrogen) atoms. The Morgan fingerprint density at radius 1 is 1.34 bits per heavy atom. The number of amides is 1. The molecule has 4 N–H and O–H groups in total. The summed E-state index contributed by atoms with van der Waals surface area (Å²) in [6, 6.07) is 8.11. The Bertz CT molecular complexity index is 1040. The first-order chi connectivity index (χ1) is 14.0. The molecule has 1 amide bonds. The van der Waals surface area contributed by atoms with E-state index in [0.717, 1.165) is 58.2 Å². The minimum Gasteiger partial charge on any atom is -0.397 e. The van der Waals surface area contributed by atoms with Gasteiger partial charge in [-0.15, -0.1) is 11.3 Å². The van der Waals surface area contributed by atoms with Crippen LogP contribution in [0, 0.1) is 6.92 Å². The zero-order valence-electron chi connectivity index (χ0n) is 16.3. The number of halogens is 1. The minimum absolute atomic E-state index is 0.160. The largest absolute Gasteiger partial charge is 0.397 e. The molecule has 0 aliphatic carbocycles. The fourth-order valence-corrected chi connectivity index (χ4v) is 4.83. The number of aromatic nitrogens is 1. The molecule has 0 atom stereocenters. The predicted molar refractivity (Wildman–Crippen MR) is 121 cm³/mol. The Balaban J connectivity index is 1.38. The Labute approximate surface area is 179 Å². The molecule has 152 valence electrons. The van der Waals surface area contributed by atoms with E-state index in [0.29, 0.717) is 23.5 Å². The average molecular weight is 430 g/mol. The van der Waals surface area contributed by atoms with Crippen molar-refractivity contribution in [3.05, 3.63) is 51.5 Å². The standard InChI is InChI=1S/C21H24ClN5OS/c1-13-10-15-18(23)19(29-21(15)26-12-13)20(28)25-5-4-14-2-3-17(16(22)11-14)27-8-6-24-7-9-27/h2-3,10-12,24H,4-9,23H2,1H3,(H,25,28). The molecule has 6 nitrogen and oxygen atoms in total. The number of hydrogen-bond donors (Lipinski definition) is 3. The number of aryl methyl sites for hydroxylation is 1. The maximum Gasteiger partial charge on any atom is 0.263 e. The van der Waals surface area contributed by atoms with Crippen LogP contribution in [-0.4, -0.2) is 43.6 Å². The summed E-state index contributed by atoms with van der Waals surface area (Å²) < 4.78 is 0. The molecule has 3 aromatic rings. The highest BCUT2D eigenvalue weighted by atomic mass is 35.5. The van der Waals surface area contributed by atoms with Gasteiger partial charge in [0, 0.05) is 44.3 Å². The number of fused-ring (bicyclic) bond motifs is 1. The number of thiophene rings is 1. The van der Waals surface area contributed by atoms with E-state index in [1.54, 1.807) is 6.20 Å². The van der Waals surface area contributed by atoms with Crippen molar-refractivity contribution in [1.82, 2.24) is 15.6 Å². The van der Waals surface area contributed by atoms with E-state index in [-0.39, 0.29) is 5.91 Å². The molecule has 1 fully saturated rings. The molecular weight excluding hydrogens is 406 g/mol. The first-order valence-electron chi connectivity index (χ1n) is 9.70. The summed E-state index contributed by atoms with van der Waals surface area (Å²) in [6.45, 7) is 6.34. The summed E-state index contributed by atoms with van der Waals surface area (Å²) in [5.41, 5.74) is 9.87. The van der Waals surface area contributed by atoms with Gasteiger partial charge in [0.2, 0.25) is 0 Å². The average Bonchev–Trinajstić information content (AvgIpc) is 3.05. The van der Waals surface area contributed by atoms with Crippen LogP contribution < -0.4 is 21.3 Å². The summed E-state index contributed by atoms with van der Waals surface area (Å²) in [6.07, 6.45) is 2.49. The van der Waals surface area contributed by atoms with Crippen molar-refractivity contribution in [3.8, 4) is 0 Å². The molecule has 4 rings (SSSR count). The van der Waals surface area contributed by atoms with Gasteiger partial charge in [0.15, 0.2) is 0 Å². The highest BCUT2D eigenvalue weighted by Gasteiger charge is 2.17. The summed E-state index contributed by atoms with van der Waals surface area (Å²) in [5, 5.41) is 7.91. The molecule has 0 saturated carbocycles. The number of nitrogens with zero attached hydrogens (tertiary/aromatic N) is 2. The van der Waals surface area contributed by atoms with Crippen molar-refractivity contribution in [3.63, 3.8) is 0 Å². The number of carbonyl (C=O) groups excluding carboxylic acids is 1. The van der Waals surface area contributed by atoms with E-state index in [9.17, 15) is 4.79 Å². The highest BCUT2D eigenvalue weighted by molar-refractivity contribution is 7.21. The number of nitrogens with two attached hydrogens (primary N) is 1. The molecule has 1 saturated heterocycles. The second-order valence-electron chi connectivity index (χ2n) is 7.24. The first kappa shape index (κ1) is 19.9. The molecule has 1 aromatic carbocycles. The first-order valence-corrected chi connectivity index (χ1v) is 10.9. The van der Waals surface area contributed by atoms with Crippen LogP contribution in [0.5, 0.6) is 0 Å². The number of hydrogen-bond acceptors (Lipinski definition) is 6. The van der Waals surface area contributed by atoms with Crippen molar-refractivity contribution in [1.29, 1.82) is 0 Å². The van der Waals surface area contributed by atoms with E-state index in [2.05, 4.69) is 32.7 Å². The third kappa shape index (κ3) is 4.32. The smallest absolute Gasteiger partial charge is 0.263 e. The Kier molecular flexibility index (Phi) is 5.89. The van der Waals surface area contributed by atoms with Crippen LogP contribution in [-0.2, 0) is 6.42 Å². The Hall–Kier alpha value is -2.35. The molecule has 1 aliphatic heterocycles. The van der Waals surface area contributed by atoms with Gasteiger partial charge in [0.25, 0.3) is 5.91 Å². The number of nitrogen functional groups attached to an aromatic ring is 1. The van der Waals surface area contributed by atoms with Crippen molar-refractivity contribution >= 4 is 50.4 Å². The molecule has 3 heterocycles. The van der Waals surface area contributed by atoms with Gasteiger partial charge in [-0.2, -0.15) is 0 Å². The van der Waals surface area contributed by atoms with Gasteiger partial charge in [0.1, 0.15) is 9.71 Å². The van der Waals surface area contributed by atoms with Crippen LogP contribution in [0.1, 0.15) is 20.8 Å². The normalized spacial score (nSPS) is 14.3. The van der Waals surface area contributed by atoms with Crippen molar-refractivity contribution < 1.29 is 4.79 Å². The van der Waals surface area contributed by atoms with Gasteiger partial charge in [0.05, 0.1) is 16.4 Å². The lowest BCUT2D eigenvalue weighted by Gasteiger charge is -2.30. The quantitative estimate of drug-likeness (QED) is 0.580. The zero-order chi connectivity index (χ0) is 20.4. The van der Waals surface area contributed by atoms with Gasteiger partial charge in [-0.1, -0.05) is 17.7 Å². The fourth-order valence-electron chi connectivity index (χ4n) is 3.54. The van der Waals surface area contributed by atoms with Gasteiger partial charge in [-0.05, 0) is 42.7 Å². The van der Waals surface area contributed by atoms with Crippen molar-refractivity contribution in [2.45, 2.75) is 13.3 Å². The minimum atomic E-state index is -0.160.